The van der Waals surface area contributed by atoms with E-state index < -0.39 is 0 Å². The average Bonchev–Trinajstić information content (AvgIpc) is 2.34. The monoisotopic (exact) mass is 296 g/mol. The van der Waals surface area contributed by atoms with E-state index in [9.17, 15) is 4.79 Å². The van der Waals surface area contributed by atoms with Crippen LogP contribution >= 0.6 is 0 Å². The zero-order chi connectivity index (χ0) is 15.8. The van der Waals surface area contributed by atoms with Crippen molar-refractivity contribution in [2.45, 2.75) is 78.0 Å². The van der Waals surface area contributed by atoms with Crippen LogP contribution in [0.25, 0.3) is 0 Å². The highest BCUT2D eigenvalue weighted by molar-refractivity contribution is 5.80. The Morgan fingerprint density at radius 3 is 2.48 bits per heavy atom. The molecular weight excluding hydrogens is 264 g/mol. The number of ether oxygens (including phenoxy) is 1. The second-order valence-corrected chi connectivity index (χ2v) is 8.21. The molecule has 21 heavy (non-hydrogen) atoms. The highest BCUT2D eigenvalue weighted by Gasteiger charge is 2.45. The SMILES string of the molecule is CC1C(N)CCC(C(=O)NC2CCOC(C)(C)C2)C1(C)C. The maximum absolute atomic E-state index is 12.8. The molecule has 1 saturated carbocycles. The van der Waals surface area contributed by atoms with Crippen molar-refractivity contribution in [2.24, 2.45) is 23.0 Å². The summed E-state index contributed by atoms with van der Waals surface area (Å²) in [5.41, 5.74) is 6.02. The first-order valence-electron chi connectivity index (χ1n) is 8.33. The lowest BCUT2D eigenvalue weighted by molar-refractivity contribution is -0.135. The molecule has 4 nitrogen and oxygen atoms in total. The fourth-order valence-electron chi connectivity index (χ4n) is 3.98. The smallest absolute Gasteiger partial charge is 0.223 e. The molecule has 0 bridgehead atoms. The Morgan fingerprint density at radius 1 is 1.19 bits per heavy atom. The molecule has 0 aromatic rings. The molecule has 2 fully saturated rings. The van der Waals surface area contributed by atoms with Gasteiger partial charge in [-0.15, -0.1) is 0 Å². The molecule has 1 saturated heterocycles. The molecule has 4 atom stereocenters. The van der Waals surface area contributed by atoms with Gasteiger partial charge in [0.25, 0.3) is 0 Å². The molecular formula is C17H32N2O2. The third-order valence-electron chi connectivity index (χ3n) is 5.86. The summed E-state index contributed by atoms with van der Waals surface area (Å²) in [5.74, 6) is 0.646. The van der Waals surface area contributed by atoms with Crippen molar-refractivity contribution < 1.29 is 9.53 Å². The number of amides is 1. The number of rotatable bonds is 2. The van der Waals surface area contributed by atoms with Crippen LogP contribution in [-0.2, 0) is 9.53 Å². The van der Waals surface area contributed by atoms with Crippen LogP contribution in [0.5, 0.6) is 0 Å². The Bertz CT molecular complexity index is 392. The van der Waals surface area contributed by atoms with Gasteiger partial charge in [-0.1, -0.05) is 20.8 Å². The standard InChI is InChI=1S/C17H32N2O2/c1-11-14(18)7-6-13(17(11,4)5)15(20)19-12-8-9-21-16(2,3)10-12/h11-14H,6-10,18H2,1-5H3,(H,19,20). The van der Waals surface area contributed by atoms with Gasteiger partial charge in [0.2, 0.25) is 5.91 Å². The lowest BCUT2D eigenvalue weighted by Crippen LogP contribution is -2.54. The third kappa shape index (κ3) is 3.59. The molecule has 4 heteroatoms. The van der Waals surface area contributed by atoms with Crippen LogP contribution in [0.15, 0.2) is 0 Å². The lowest BCUT2D eigenvalue weighted by atomic mass is 9.61. The molecule has 2 rings (SSSR count). The van der Waals surface area contributed by atoms with Crippen LogP contribution in [0.2, 0.25) is 0 Å². The average molecular weight is 296 g/mol. The number of hydrogen-bond acceptors (Lipinski definition) is 3. The van der Waals surface area contributed by atoms with Crippen LogP contribution in [-0.4, -0.2) is 30.2 Å². The van der Waals surface area contributed by atoms with Crippen molar-refractivity contribution in [3.63, 3.8) is 0 Å². The van der Waals surface area contributed by atoms with Crippen molar-refractivity contribution in [3.8, 4) is 0 Å². The minimum atomic E-state index is -0.131. The molecule has 0 spiro atoms. The molecule has 4 unspecified atom stereocenters. The van der Waals surface area contributed by atoms with Crippen LogP contribution in [0.3, 0.4) is 0 Å². The normalized spacial score (nSPS) is 38.8. The first-order chi connectivity index (χ1) is 9.63. The van der Waals surface area contributed by atoms with Gasteiger partial charge in [-0.05, 0) is 50.9 Å². The molecule has 0 radical (unpaired) electrons. The number of carbonyl (C=O) groups excluding carboxylic acids is 1. The van der Waals surface area contributed by atoms with E-state index in [-0.39, 0.29) is 34.9 Å². The van der Waals surface area contributed by atoms with Crippen LogP contribution < -0.4 is 11.1 Å². The van der Waals surface area contributed by atoms with Gasteiger partial charge < -0.3 is 15.8 Å². The van der Waals surface area contributed by atoms with Gasteiger partial charge in [-0.2, -0.15) is 0 Å². The van der Waals surface area contributed by atoms with E-state index in [2.05, 4.69) is 39.9 Å². The summed E-state index contributed by atoms with van der Waals surface area (Å²) < 4.78 is 5.73. The van der Waals surface area contributed by atoms with Crippen molar-refractivity contribution in [1.29, 1.82) is 0 Å². The van der Waals surface area contributed by atoms with Gasteiger partial charge in [-0.25, -0.2) is 0 Å². The van der Waals surface area contributed by atoms with Crippen molar-refractivity contribution >= 4 is 5.91 Å². The molecule has 1 aliphatic heterocycles. The maximum Gasteiger partial charge on any atom is 0.223 e. The number of nitrogens with two attached hydrogens (primary N) is 1. The molecule has 122 valence electrons. The summed E-state index contributed by atoms with van der Waals surface area (Å²) in [6, 6.07) is 0.453. The van der Waals surface area contributed by atoms with Crippen LogP contribution in [0, 0.1) is 17.3 Å². The summed E-state index contributed by atoms with van der Waals surface area (Å²) in [4.78, 5) is 12.8. The van der Waals surface area contributed by atoms with E-state index in [4.69, 9.17) is 10.5 Å². The van der Waals surface area contributed by atoms with Crippen molar-refractivity contribution in [1.82, 2.24) is 5.32 Å². The Labute approximate surface area is 129 Å². The molecule has 2 aliphatic rings. The molecule has 0 aromatic carbocycles. The van der Waals surface area contributed by atoms with E-state index in [0.717, 1.165) is 32.3 Å². The molecule has 3 N–H and O–H groups in total. The highest BCUT2D eigenvalue weighted by atomic mass is 16.5. The number of nitrogens with one attached hydrogen (secondary N) is 1. The summed E-state index contributed by atoms with van der Waals surface area (Å²) in [6.45, 7) is 11.5. The quantitative estimate of drug-likeness (QED) is 0.822. The van der Waals surface area contributed by atoms with Gasteiger partial charge in [0.05, 0.1) is 5.60 Å². The lowest BCUT2D eigenvalue weighted by Gasteiger charge is -2.46. The second kappa shape index (κ2) is 5.88. The maximum atomic E-state index is 12.8. The first kappa shape index (κ1) is 16.8. The second-order valence-electron chi connectivity index (χ2n) is 8.21. The van der Waals surface area contributed by atoms with E-state index in [1.165, 1.54) is 0 Å². The summed E-state index contributed by atoms with van der Waals surface area (Å²) >= 11 is 0. The molecule has 1 heterocycles. The Balaban J connectivity index is 2.00. The van der Waals surface area contributed by atoms with Crippen LogP contribution in [0.4, 0.5) is 0 Å². The molecule has 1 aliphatic carbocycles. The minimum Gasteiger partial charge on any atom is -0.375 e. The van der Waals surface area contributed by atoms with E-state index >= 15 is 0 Å². The minimum absolute atomic E-state index is 0.0393. The van der Waals surface area contributed by atoms with E-state index in [0.29, 0.717) is 5.92 Å². The largest absolute Gasteiger partial charge is 0.375 e. The first-order valence-corrected chi connectivity index (χ1v) is 8.33. The Morgan fingerprint density at radius 2 is 1.86 bits per heavy atom. The number of hydrogen-bond donors (Lipinski definition) is 2. The van der Waals surface area contributed by atoms with Crippen molar-refractivity contribution in [2.75, 3.05) is 6.61 Å². The van der Waals surface area contributed by atoms with Gasteiger partial charge in [-0.3, -0.25) is 4.79 Å². The Kier molecular flexibility index (Phi) is 4.69. The molecule has 1 amide bonds. The Hall–Kier alpha value is -0.610. The predicted octanol–water partition coefficient (Wildman–Crippen LogP) is 2.46. The fraction of sp³-hybridized carbons (Fsp3) is 0.941. The van der Waals surface area contributed by atoms with Gasteiger partial charge in [0.1, 0.15) is 0 Å². The molecule has 0 aromatic heterocycles. The summed E-state index contributed by atoms with van der Waals surface area (Å²) in [7, 11) is 0. The zero-order valence-electron chi connectivity index (χ0n) is 14.2. The number of carbonyl (C=O) groups is 1. The third-order valence-corrected chi connectivity index (χ3v) is 5.86. The van der Waals surface area contributed by atoms with E-state index in [1.807, 2.05) is 0 Å². The van der Waals surface area contributed by atoms with Gasteiger partial charge in [0, 0.05) is 24.6 Å². The topological polar surface area (TPSA) is 64.4 Å². The van der Waals surface area contributed by atoms with Gasteiger partial charge in [0.15, 0.2) is 0 Å². The van der Waals surface area contributed by atoms with Gasteiger partial charge >= 0.3 is 0 Å². The fourth-order valence-corrected chi connectivity index (χ4v) is 3.98. The summed E-state index contributed by atoms with van der Waals surface area (Å²) in [6.07, 6.45) is 3.65. The zero-order valence-corrected chi connectivity index (χ0v) is 14.2. The van der Waals surface area contributed by atoms with Crippen molar-refractivity contribution in [3.05, 3.63) is 0 Å². The van der Waals surface area contributed by atoms with E-state index in [1.54, 1.807) is 0 Å². The predicted molar refractivity (Wildman–Crippen MR) is 84.8 cm³/mol. The highest BCUT2D eigenvalue weighted by Crippen LogP contribution is 2.44. The van der Waals surface area contributed by atoms with Crippen LogP contribution in [0.1, 0.15) is 60.3 Å². The summed E-state index contributed by atoms with van der Waals surface area (Å²) in [5, 5.41) is 3.28.